The number of aromatic nitrogens is 5. The number of nitrogens with zero attached hydrogens (tertiary/aromatic N) is 5. The Kier molecular flexibility index (Phi) is 5.99. The monoisotopic (exact) mass is 543 g/mol. The molecule has 0 fully saturated rings. The van der Waals surface area contributed by atoms with Crippen LogP contribution in [0.2, 0.25) is 0 Å². The highest BCUT2D eigenvalue weighted by molar-refractivity contribution is 7.18. The van der Waals surface area contributed by atoms with Crippen LogP contribution in [0.1, 0.15) is 17.0 Å². The number of benzene rings is 3. The van der Waals surface area contributed by atoms with Crippen LogP contribution in [0.25, 0.3) is 37.9 Å². The van der Waals surface area contributed by atoms with Crippen LogP contribution >= 0.6 is 11.3 Å². The Morgan fingerprint density at radius 3 is 2.23 bits per heavy atom. The highest BCUT2D eigenvalue weighted by Gasteiger charge is 2.23. The van der Waals surface area contributed by atoms with Crippen LogP contribution in [0, 0.1) is 24.4 Å². The molecule has 7 nitrogen and oxygen atoms in total. The summed E-state index contributed by atoms with van der Waals surface area (Å²) in [5.74, 6) is -2.90. The van der Waals surface area contributed by atoms with Crippen LogP contribution in [-0.2, 0) is 6.42 Å². The number of hydrogen-bond donors (Lipinski definition) is 2. The zero-order valence-electron chi connectivity index (χ0n) is 20.5. The first-order valence-electron chi connectivity index (χ1n) is 11.9. The van der Waals surface area contributed by atoms with E-state index < -0.39 is 23.0 Å². The lowest BCUT2D eigenvalue weighted by Gasteiger charge is -2.10. The van der Waals surface area contributed by atoms with Gasteiger partial charge in [0.05, 0.1) is 27.3 Å². The molecule has 3 aromatic carbocycles. The number of hydrogen-bond acceptors (Lipinski definition) is 7. The largest absolute Gasteiger partial charge is 0.383 e. The van der Waals surface area contributed by atoms with E-state index in [4.69, 9.17) is 11.5 Å². The number of para-hydroxylation sites is 1. The number of fused-ring (bicyclic) bond motifs is 1. The van der Waals surface area contributed by atoms with E-state index >= 15 is 0 Å². The smallest absolute Gasteiger partial charge is 0.255 e. The lowest BCUT2D eigenvalue weighted by atomic mass is 10.1. The molecular formula is C28H20F3N7S. The Morgan fingerprint density at radius 2 is 1.49 bits per heavy atom. The summed E-state index contributed by atoms with van der Waals surface area (Å²) in [5, 5.41) is 5.93. The molecule has 4 N–H and O–H groups in total. The van der Waals surface area contributed by atoms with Crippen LogP contribution in [0.15, 0.2) is 66.7 Å². The van der Waals surface area contributed by atoms with Crippen LogP contribution in [0.4, 0.5) is 24.8 Å². The molecule has 0 saturated carbocycles. The number of nitrogens with two attached hydrogens (primary N) is 2. The third kappa shape index (κ3) is 4.26. The molecule has 0 aliphatic heterocycles. The highest BCUT2D eigenvalue weighted by Crippen LogP contribution is 2.40. The lowest BCUT2D eigenvalue weighted by molar-refractivity contribution is 0.482. The van der Waals surface area contributed by atoms with Crippen molar-refractivity contribution in [2.45, 2.75) is 13.3 Å². The van der Waals surface area contributed by atoms with Crippen molar-refractivity contribution in [1.29, 1.82) is 0 Å². The van der Waals surface area contributed by atoms with Crippen molar-refractivity contribution in [2.24, 2.45) is 0 Å². The van der Waals surface area contributed by atoms with Crippen molar-refractivity contribution >= 4 is 33.9 Å². The number of halogens is 3. The van der Waals surface area contributed by atoms with Crippen molar-refractivity contribution in [3.05, 3.63) is 101 Å². The topological polar surface area (TPSA) is 109 Å². The number of thiazole rings is 1. The summed E-state index contributed by atoms with van der Waals surface area (Å²) in [4.78, 5) is 14.4. The van der Waals surface area contributed by atoms with Crippen molar-refractivity contribution in [2.75, 3.05) is 11.5 Å². The van der Waals surface area contributed by atoms with Gasteiger partial charge in [0, 0.05) is 22.9 Å². The minimum Gasteiger partial charge on any atom is -0.383 e. The Morgan fingerprint density at radius 1 is 0.821 bits per heavy atom. The predicted octanol–water partition coefficient (Wildman–Crippen LogP) is 6.09. The number of aryl methyl sites for hydroxylation is 1. The van der Waals surface area contributed by atoms with E-state index in [1.54, 1.807) is 24.3 Å². The summed E-state index contributed by atoms with van der Waals surface area (Å²) >= 11 is 1.43. The average molecular weight is 544 g/mol. The first kappa shape index (κ1) is 24.6. The maximum Gasteiger partial charge on any atom is 0.255 e. The molecule has 0 atom stereocenters. The van der Waals surface area contributed by atoms with E-state index in [9.17, 15) is 13.2 Å². The van der Waals surface area contributed by atoms with E-state index in [0.29, 0.717) is 22.2 Å². The average Bonchev–Trinajstić information content (AvgIpc) is 3.50. The Labute approximate surface area is 224 Å². The number of nitrogen functional groups attached to an aromatic ring is 2. The third-order valence-corrected chi connectivity index (χ3v) is 7.56. The van der Waals surface area contributed by atoms with E-state index in [2.05, 4.69) is 20.1 Å². The molecule has 0 aliphatic carbocycles. The quantitative estimate of drug-likeness (QED) is 0.255. The van der Waals surface area contributed by atoms with Gasteiger partial charge in [0.25, 0.3) is 5.95 Å². The molecule has 39 heavy (non-hydrogen) atoms. The van der Waals surface area contributed by atoms with Gasteiger partial charge in [-0.15, -0.1) is 11.3 Å². The molecule has 0 bridgehead atoms. The first-order chi connectivity index (χ1) is 18.8. The van der Waals surface area contributed by atoms with Gasteiger partial charge in [-0.1, -0.05) is 48.5 Å². The van der Waals surface area contributed by atoms with Gasteiger partial charge < -0.3 is 11.5 Å². The van der Waals surface area contributed by atoms with Gasteiger partial charge in [0.15, 0.2) is 11.6 Å². The van der Waals surface area contributed by atoms with E-state index in [0.717, 1.165) is 33.3 Å². The highest BCUT2D eigenvalue weighted by atomic mass is 32.1. The Hall–Kier alpha value is -4.77. The van der Waals surface area contributed by atoms with Gasteiger partial charge in [-0.3, -0.25) is 0 Å². The zero-order valence-corrected chi connectivity index (χ0v) is 21.3. The van der Waals surface area contributed by atoms with Gasteiger partial charge in [0.1, 0.15) is 22.5 Å². The van der Waals surface area contributed by atoms with Gasteiger partial charge in [-0.25, -0.2) is 18.2 Å². The predicted molar refractivity (Wildman–Crippen MR) is 146 cm³/mol. The zero-order chi connectivity index (χ0) is 27.3. The molecule has 6 rings (SSSR count). The molecule has 194 valence electrons. The van der Waals surface area contributed by atoms with E-state index in [-0.39, 0.29) is 24.0 Å². The normalized spacial score (nSPS) is 11.4. The molecule has 0 unspecified atom stereocenters. The summed E-state index contributed by atoms with van der Waals surface area (Å²) < 4.78 is 44.0. The number of rotatable bonds is 5. The second-order valence-corrected chi connectivity index (χ2v) is 9.84. The van der Waals surface area contributed by atoms with E-state index in [1.807, 2.05) is 37.3 Å². The molecule has 3 heterocycles. The molecule has 0 spiro atoms. The summed E-state index contributed by atoms with van der Waals surface area (Å²) in [5.41, 5.74) is 15.4. The maximum atomic E-state index is 14.4. The lowest BCUT2D eigenvalue weighted by Crippen LogP contribution is -2.10. The molecule has 3 aromatic heterocycles. The fraction of sp³-hybridized carbons (Fsp3) is 0.0714. The SMILES string of the molecule is Cc1nc(-c2ccccc2)sc1-c1c(N)nc(-n2nc(Cc3c(F)ccc(F)c3F)c3ccccc32)nc1N. The molecule has 0 amide bonds. The Bertz CT molecular complexity index is 1840. The van der Waals surface area contributed by atoms with Crippen molar-refractivity contribution < 1.29 is 13.2 Å². The second-order valence-electron chi connectivity index (χ2n) is 8.84. The molecule has 0 aliphatic rings. The number of anilines is 2. The van der Waals surface area contributed by atoms with Crippen LogP contribution in [-0.4, -0.2) is 24.7 Å². The first-order valence-corrected chi connectivity index (χ1v) is 12.7. The summed E-state index contributed by atoms with van der Waals surface area (Å²) in [6, 6.07) is 18.4. The van der Waals surface area contributed by atoms with Crippen LogP contribution in [0.5, 0.6) is 0 Å². The minimum absolute atomic E-state index is 0.0850. The fourth-order valence-electron chi connectivity index (χ4n) is 4.46. The molecule has 0 saturated heterocycles. The molecular weight excluding hydrogens is 523 g/mol. The minimum atomic E-state index is -1.25. The molecule has 0 radical (unpaired) electrons. The van der Waals surface area contributed by atoms with Crippen LogP contribution < -0.4 is 11.5 Å². The molecule has 11 heteroatoms. The maximum absolute atomic E-state index is 14.4. The second kappa shape index (κ2) is 9.52. The van der Waals surface area contributed by atoms with Gasteiger partial charge in [-0.05, 0) is 25.1 Å². The van der Waals surface area contributed by atoms with Gasteiger partial charge in [0.2, 0.25) is 0 Å². The third-order valence-electron chi connectivity index (χ3n) is 6.33. The molecule has 6 aromatic rings. The summed E-state index contributed by atoms with van der Waals surface area (Å²) in [6.45, 7) is 1.86. The Balaban J connectivity index is 1.44. The summed E-state index contributed by atoms with van der Waals surface area (Å²) in [6.07, 6.45) is -0.283. The van der Waals surface area contributed by atoms with Crippen molar-refractivity contribution in [3.8, 4) is 27.0 Å². The fourth-order valence-corrected chi connectivity index (χ4v) is 5.59. The standard InChI is InChI=1S/C28H20F3N7S/c1-14-24(39-27(34-14)15-7-3-2-4-8-15)22-25(32)35-28(36-26(22)33)38-21-10-6-5-9-16(21)20(37-38)13-17-18(29)11-12-19(30)23(17)31/h2-12H,13H2,1H3,(H4,32,33,35,36). The van der Waals surface area contributed by atoms with Crippen LogP contribution in [0.3, 0.4) is 0 Å². The van der Waals surface area contributed by atoms with Crippen molar-refractivity contribution in [3.63, 3.8) is 0 Å². The van der Waals surface area contributed by atoms with Gasteiger partial charge >= 0.3 is 0 Å². The van der Waals surface area contributed by atoms with Crippen molar-refractivity contribution in [1.82, 2.24) is 24.7 Å². The van der Waals surface area contributed by atoms with E-state index in [1.165, 1.54) is 16.0 Å². The van der Waals surface area contributed by atoms with Gasteiger partial charge in [-0.2, -0.15) is 19.7 Å². The summed E-state index contributed by atoms with van der Waals surface area (Å²) in [7, 11) is 0.